The molecule has 0 aliphatic carbocycles. The van der Waals surface area contributed by atoms with Crippen LogP contribution in [0.1, 0.15) is 12.2 Å². The van der Waals surface area contributed by atoms with Crippen molar-refractivity contribution in [3.05, 3.63) is 64.5 Å². The minimum atomic E-state index is -0.198. The first-order chi connectivity index (χ1) is 13.5. The molecule has 1 aromatic heterocycles. The number of imidazole rings is 1. The number of ether oxygens (including phenoxy) is 1. The van der Waals surface area contributed by atoms with Gasteiger partial charge in [0.05, 0.1) is 35.8 Å². The molecule has 152 valence electrons. The third-order valence-corrected chi connectivity index (χ3v) is 5.58. The zero-order valence-corrected chi connectivity index (χ0v) is 18.1. The van der Waals surface area contributed by atoms with E-state index in [0.717, 1.165) is 42.2 Å². The minimum Gasteiger partial charge on any atom is -0.859 e. The highest BCUT2D eigenvalue weighted by atomic mass is 35.5. The van der Waals surface area contributed by atoms with Crippen molar-refractivity contribution in [2.24, 2.45) is 4.99 Å². The number of aliphatic imine (C=N–C) groups is 1. The normalized spacial score (nSPS) is 13.1. The van der Waals surface area contributed by atoms with Gasteiger partial charge in [-0.25, -0.2) is 9.13 Å². The molecule has 0 bridgehead atoms. The Morgan fingerprint density at radius 2 is 1.93 bits per heavy atom. The molecule has 0 saturated carbocycles. The number of fused-ring (bicyclic) bond motifs is 1. The molecule has 4 rings (SSSR count). The van der Waals surface area contributed by atoms with Gasteiger partial charge in [-0.05, 0) is 48.9 Å². The maximum atomic E-state index is 12.5. The van der Waals surface area contributed by atoms with Crippen molar-refractivity contribution in [2.75, 3.05) is 7.11 Å². The average molecular weight is 453 g/mol. The summed E-state index contributed by atoms with van der Waals surface area (Å²) in [4.78, 5) is 4.20. The molecule has 2 heterocycles. The number of halogens is 3. The molecule has 0 radical (unpaired) electrons. The summed E-state index contributed by atoms with van der Waals surface area (Å²) < 4.78 is 9.35. The number of hydrogen-bond donors (Lipinski definition) is 0. The largest absolute Gasteiger partial charge is 0.859 e. The predicted molar refractivity (Wildman–Crippen MR) is 116 cm³/mol. The first-order valence-electron chi connectivity index (χ1n) is 9.01. The Balaban J connectivity index is 0.00000240. The lowest BCUT2D eigenvalue weighted by atomic mass is 10.1. The minimum absolute atomic E-state index is 0. The maximum Gasteiger partial charge on any atom is 0.257 e. The topological polar surface area (TPSA) is 53.5 Å². The highest BCUT2D eigenvalue weighted by Gasteiger charge is 2.28. The SMILES string of the molecule is COc1ccc(N=C([O-])C[n+]2cc(-c3ccc(Cl)c(Cl)c3)n3c2CCC3)cc1.Cl. The molecule has 0 spiro atoms. The third-order valence-electron chi connectivity index (χ3n) is 4.84. The van der Waals surface area contributed by atoms with Gasteiger partial charge in [-0.2, -0.15) is 0 Å². The predicted octanol–water partition coefficient (Wildman–Crippen LogP) is 4.22. The second-order valence-electron chi connectivity index (χ2n) is 6.65. The van der Waals surface area contributed by atoms with Crippen LogP contribution in [0, 0.1) is 0 Å². The molecule has 29 heavy (non-hydrogen) atoms. The molecule has 1 aliphatic rings. The van der Waals surface area contributed by atoms with Crippen LogP contribution in [0.2, 0.25) is 10.0 Å². The van der Waals surface area contributed by atoms with Gasteiger partial charge in [-0.3, -0.25) is 4.99 Å². The van der Waals surface area contributed by atoms with Crippen molar-refractivity contribution in [3.63, 3.8) is 0 Å². The smallest absolute Gasteiger partial charge is 0.257 e. The Morgan fingerprint density at radius 1 is 1.17 bits per heavy atom. The molecule has 0 unspecified atom stereocenters. The number of benzene rings is 2. The van der Waals surface area contributed by atoms with Gasteiger partial charge in [0.25, 0.3) is 5.82 Å². The molecular weight excluding hydrogens is 433 g/mol. The van der Waals surface area contributed by atoms with E-state index in [1.54, 1.807) is 37.4 Å². The Kier molecular flexibility index (Phi) is 6.73. The van der Waals surface area contributed by atoms with Crippen LogP contribution in [0.15, 0.2) is 53.7 Å². The van der Waals surface area contributed by atoms with E-state index in [1.165, 1.54) is 0 Å². The highest BCUT2D eigenvalue weighted by molar-refractivity contribution is 6.42. The number of rotatable bonds is 5. The average Bonchev–Trinajstić information content (AvgIpc) is 3.29. The fraction of sp³-hybridized carbons (Fsp3) is 0.238. The summed E-state index contributed by atoms with van der Waals surface area (Å²) in [6, 6.07) is 12.7. The molecule has 1 aliphatic heterocycles. The van der Waals surface area contributed by atoms with E-state index in [9.17, 15) is 5.11 Å². The lowest BCUT2D eigenvalue weighted by Gasteiger charge is -2.09. The Bertz CT molecular complexity index is 1050. The number of aromatic nitrogens is 2. The summed E-state index contributed by atoms with van der Waals surface area (Å²) in [5.74, 6) is 1.66. The van der Waals surface area contributed by atoms with E-state index in [0.29, 0.717) is 15.7 Å². The fourth-order valence-corrected chi connectivity index (χ4v) is 3.81. The molecule has 0 saturated heterocycles. The number of methoxy groups -OCH3 is 1. The van der Waals surface area contributed by atoms with E-state index < -0.39 is 0 Å². The first-order valence-corrected chi connectivity index (χ1v) is 9.76. The van der Waals surface area contributed by atoms with Crippen LogP contribution in [0.25, 0.3) is 11.3 Å². The van der Waals surface area contributed by atoms with E-state index in [1.807, 2.05) is 22.9 Å². The summed E-state index contributed by atoms with van der Waals surface area (Å²) in [7, 11) is 1.60. The van der Waals surface area contributed by atoms with Gasteiger partial charge < -0.3 is 9.84 Å². The summed E-state index contributed by atoms with van der Waals surface area (Å²) in [5.41, 5.74) is 2.63. The van der Waals surface area contributed by atoms with Crippen LogP contribution < -0.4 is 14.4 Å². The molecule has 0 fully saturated rings. The second-order valence-corrected chi connectivity index (χ2v) is 7.46. The summed E-state index contributed by atoms with van der Waals surface area (Å²) >= 11 is 12.2. The van der Waals surface area contributed by atoms with E-state index in [-0.39, 0.29) is 24.8 Å². The van der Waals surface area contributed by atoms with Crippen molar-refractivity contribution < 1.29 is 14.4 Å². The maximum absolute atomic E-state index is 12.5. The summed E-state index contributed by atoms with van der Waals surface area (Å²) in [5, 5.41) is 13.6. The zero-order chi connectivity index (χ0) is 19.7. The van der Waals surface area contributed by atoms with Gasteiger partial charge in [0.1, 0.15) is 18.5 Å². The molecule has 2 aromatic carbocycles. The van der Waals surface area contributed by atoms with Crippen LogP contribution in [0.3, 0.4) is 0 Å². The molecule has 0 amide bonds. The molecule has 8 heteroatoms. The van der Waals surface area contributed by atoms with Gasteiger partial charge in [-0.1, -0.05) is 23.2 Å². The highest BCUT2D eigenvalue weighted by Crippen LogP contribution is 2.30. The van der Waals surface area contributed by atoms with Crippen LogP contribution in [0.4, 0.5) is 5.69 Å². The Hall–Kier alpha value is -2.21. The summed E-state index contributed by atoms with van der Waals surface area (Å²) in [6.45, 7) is 1.12. The molecular formula is C21H20Cl3N3O2. The van der Waals surface area contributed by atoms with Gasteiger partial charge in [0.2, 0.25) is 0 Å². The molecule has 0 N–H and O–H groups in total. The standard InChI is InChI=1S/C21H19Cl2N3O2.ClH/c1-28-16-7-5-15(6-8-16)24-20(27)13-25-12-19(26-10-2-3-21(25)26)14-4-9-17(22)18(23)11-14;/h4-9,11-12H,2-3,10,13H2,1H3;1H. The lowest BCUT2D eigenvalue weighted by Crippen LogP contribution is -2.43. The van der Waals surface area contributed by atoms with Crippen molar-refractivity contribution in [1.82, 2.24) is 4.57 Å². The van der Waals surface area contributed by atoms with Crippen LogP contribution in [0.5, 0.6) is 5.75 Å². The van der Waals surface area contributed by atoms with Crippen molar-refractivity contribution in [3.8, 4) is 17.0 Å². The van der Waals surface area contributed by atoms with Crippen molar-refractivity contribution in [2.45, 2.75) is 25.9 Å². The Morgan fingerprint density at radius 3 is 2.62 bits per heavy atom. The summed E-state index contributed by atoms with van der Waals surface area (Å²) in [6.07, 6.45) is 3.97. The molecule has 5 nitrogen and oxygen atoms in total. The van der Waals surface area contributed by atoms with Gasteiger partial charge in [0, 0.05) is 11.5 Å². The van der Waals surface area contributed by atoms with Crippen molar-refractivity contribution in [1.29, 1.82) is 0 Å². The number of nitrogens with zero attached hydrogens (tertiary/aromatic N) is 3. The van der Waals surface area contributed by atoms with Gasteiger partial charge >= 0.3 is 0 Å². The lowest BCUT2D eigenvalue weighted by molar-refractivity contribution is -0.693. The van der Waals surface area contributed by atoms with Crippen molar-refractivity contribution >= 4 is 47.2 Å². The molecule has 3 aromatic rings. The Labute approximate surface area is 185 Å². The van der Waals surface area contributed by atoms with E-state index in [4.69, 9.17) is 27.9 Å². The van der Waals surface area contributed by atoms with E-state index >= 15 is 0 Å². The van der Waals surface area contributed by atoms with Gasteiger partial charge in [-0.15, -0.1) is 12.4 Å². The quantitative estimate of drug-likeness (QED) is 0.331. The number of hydrogen-bond acceptors (Lipinski definition) is 3. The zero-order valence-electron chi connectivity index (χ0n) is 15.8. The first kappa shape index (κ1) is 21.5. The third kappa shape index (κ3) is 4.53. The molecule has 0 atom stereocenters. The van der Waals surface area contributed by atoms with Crippen LogP contribution in [-0.2, 0) is 19.5 Å². The second kappa shape index (κ2) is 9.08. The van der Waals surface area contributed by atoms with Crippen LogP contribution >= 0.6 is 35.6 Å². The van der Waals surface area contributed by atoms with E-state index in [2.05, 4.69) is 9.56 Å². The van der Waals surface area contributed by atoms with Crippen LogP contribution in [-0.4, -0.2) is 17.6 Å². The van der Waals surface area contributed by atoms with Gasteiger partial charge in [0.15, 0.2) is 5.69 Å². The monoisotopic (exact) mass is 451 g/mol. The fourth-order valence-electron chi connectivity index (χ4n) is 3.51.